The average molecular weight is 436 g/mol. The molecule has 172 valence electrons. The molecule has 0 saturated carbocycles. The number of anilines is 1. The molecule has 1 amide bonds. The topological polar surface area (TPSA) is 61.4 Å². The van der Waals surface area contributed by atoms with Crippen LogP contribution in [0.3, 0.4) is 0 Å². The Morgan fingerprint density at radius 3 is 2.47 bits per heavy atom. The van der Waals surface area contributed by atoms with Gasteiger partial charge in [0.2, 0.25) is 0 Å². The zero-order chi connectivity index (χ0) is 22.7. The number of benzene rings is 1. The van der Waals surface area contributed by atoms with E-state index < -0.39 is 0 Å². The number of rotatable bonds is 5. The Hall–Kier alpha value is -2.47. The van der Waals surface area contributed by atoms with Crippen molar-refractivity contribution in [3.05, 3.63) is 53.0 Å². The van der Waals surface area contributed by atoms with Crippen LogP contribution < -0.4 is 5.32 Å². The number of carbonyl (C=O) groups is 1. The lowest BCUT2D eigenvalue weighted by molar-refractivity contribution is 0.0765. The largest absolute Gasteiger partial charge is 0.366 e. The summed E-state index contributed by atoms with van der Waals surface area (Å²) >= 11 is 0. The summed E-state index contributed by atoms with van der Waals surface area (Å²) in [5, 5.41) is 3.40. The highest BCUT2D eigenvalue weighted by Gasteiger charge is 2.32. The molecule has 2 aromatic rings. The molecule has 0 bridgehead atoms. The first kappa shape index (κ1) is 22.7. The third-order valence-corrected chi connectivity index (χ3v) is 6.92. The molecule has 1 aromatic carbocycles. The molecule has 6 nitrogen and oxygen atoms in total. The van der Waals surface area contributed by atoms with Gasteiger partial charge in [-0.25, -0.2) is 9.97 Å². The van der Waals surface area contributed by atoms with Gasteiger partial charge in [-0.05, 0) is 55.8 Å². The summed E-state index contributed by atoms with van der Waals surface area (Å²) in [4.78, 5) is 26.6. The molecule has 1 N–H and O–H groups in total. The number of aromatic nitrogens is 2. The summed E-state index contributed by atoms with van der Waals surface area (Å²) in [6.45, 7) is 13.2. The molecular weight excluding hydrogens is 398 g/mol. The van der Waals surface area contributed by atoms with Gasteiger partial charge in [0.15, 0.2) is 0 Å². The van der Waals surface area contributed by atoms with Crippen LogP contribution in [0.1, 0.15) is 73.6 Å². The first-order valence-electron chi connectivity index (χ1n) is 12.0. The van der Waals surface area contributed by atoms with Crippen LogP contribution in [0.5, 0.6) is 0 Å². The maximum Gasteiger partial charge on any atom is 0.272 e. The third-order valence-electron chi connectivity index (χ3n) is 6.92. The van der Waals surface area contributed by atoms with E-state index in [9.17, 15) is 4.79 Å². The number of nitrogens with zero attached hydrogens (tertiary/aromatic N) is 4. The Balaban J connectivity index is 1.39. The van der Waals surface area contributed by atoms with Crippen molar-refractivity contribution < 1.29 is 4.79 Å². The minimum Gasteiger partial charge on any atom is -0.366 e. The van der Waals surface area contributed by atoms with Gasteiger partial charge in [-0.1, -0.05) is 51.5 Å². The van der Waals surface area contributed by atoms with E-state index in [1.807, 2.05) is 11.8 Å². The standard InChI is InChI=1S/C26H37N5O/c1-19-23(25(32)31-15-12-22(17-31)30-13-6-5-7-14-30)28-18-29-24(19)27-16-20-8-10-21(11-9-20)26(2,3)4/h8-11,18,22H,5-7,12-17H2,1-4H3,(H,27,28,29). The highest BCUT2D eigenvalue weighted by atomic mass is 16.2. The molecule has 0 spiro atoms. The average Bonchev–Trinajstić information content (AvgIpc) is 3.29. The van der Waals surface area contributed by atoms with E-state index in [1.165, 1.54) is 49.8 Å². The minimum atomic E-state index is 0.0296. The van der Waals surface area contributed by atoms with Gasteiger partial charge in [-0.15, -0.1) is 0 Å². The number of carbonyl (C=O) groups excluding carboxylic acids is 1. The molecule has 1 unspecified atom stereocenters. The molecule has 0 aliphatic carbocycles. The maximum absolute atomic E-state index is 13.2. The van der Waals surface area contributed by atoms with Crippen molar-refractivity contribution in [1.29, 1.82) is 0 Å². The highest BCUT2D eigenvalue weighted by Crippen LogP contribution is 2.24. The Labute approximate surface area is 192 Å². The Kier molecular flexibility index (Phi) is 6.79. The van der Waals surface area contributed by atoms with Crippen molar-refractivity contribution in [3.63, 3.8) is 0 Å². The maximum atomic E-state index is 13.2. The van der Waals surface area contributed by atoms with Crippen molar-refractivity contribution in [3.8, 4) is 0 Å². The molecule has 4 rings (SSSR count). The molecule has 2 aliphatic heterocycles. The van der Waals surface area contributed by atoms with E-state index >= 15 is 0 Å². The molecule has 32 heavy (non-hydrogen) atoms. The van der Waals surface area contributed by atoms with Gasteiger partial charge in [0, 0.05) is 31.2 Å². The van der Waals surface area contributed by atoms with Crippen LogP contribution in [0, 0.1) is 6.92 Å². The second kappa shape index (κ2) is 9.57. The van der Waals surface area contributed by atoms with Crippen molar-refractivity contribution >= 4 is 11.7 Å². The Morgan fingerprint density at radius 1 is 1.06 bits per heavy atom. The Morgan fingerprint density at radius 2 is 1.78 bits per heavy atom. The van der Waals surface area contributed by atoms with Crippen molar-refractivity contribution in [2.24, 2.45) is 0 Å². The van der Waals surface area contributed by atoms with Crippen molar-refractivity contribution in [2.45, 2.75) is 71.4 Å². The van der Waals surface area contributed by atoms with Crippen molar-refractivity contribution in [2.75, 3.05) is 31.5 Å². The third kappa shape index (κ3) is 5.12. The van der Waals surface area contributed by atoms with Gasteiger partial charge in [0.1, 0.15) is 17.8 Å². The summed E-state index contributed by atoms with van der Waals surface area (Å²) in [6.07, 6.45) is 6.46. The van der Waals surface area contributed by atoms with E-state index in [0.29, 0.717) is 18.3 Å². The van der Waals surface area contributed by atoms with Crippen LogP contribution in [0.15, 0.2) is 30.6 Å². The van der Waals surface area contributed by atoms with E-state index in [0.717, 1.165) is 30.9 Å². The lowest BCUT2D eigenvalue weighted by Gasteiger charge is -2.32. The molecule has 3 heterocycles. The highest BCUT2D eigenvalue weighted by molar-refractivity contribution is 5.94. The second-order valence-electron chi connectivity index (χ2n) is 10.3. The number of piperidine rings is 1. The quantitative estimate of drug-likeness (QED) is 0.754. The predicted molar refractivity (Wildman–Crippen MR) is 129 cm³/mol. The van der Waals surface area contributed by atoms with Gasteiger partial charge >= 0.3 is 0 Å². The summed E-state index contributed by atoms with van der Waals surface area (Å²) in [6, 6.07) is 9.17. The van der Waals surface area contributed by atoms with E-state index in [2.05, 4.69) is 65.2 Å². The van der Waals surface area contributed by atoms with Crippen LogP contribution in [0.4, 0.5) is 5.82 Å². The van der Waals surface area contributed by atoms with E-state index in [4.69, 9.17) is 0 Å². The van der Waals surface area contributed by atoms with Gasteiger partial charge in [0.25, 0.3) is 5.91 Å². The van der Waals surface area contributed by atoms with Crippen LogP contribution in [-0.4, -0.2) is 57.9 Å². The van der Waals surface area contributed by atoms with Crippen molar-refractivity contribution in [1.82, 2.24) is 19.8 Å². The number of likely N-dealkylation sites (tertiary alicyclic amines) is 2. The molecule has 2 aliphatic rings. The summed E-state index contributed by atoms with van der Waals surface area (Å²) in [5.41, 5.74) is 4.00. The number of hydrogen-bond donors (Lipinski definition) is 1. The summed E-state index contributed by atoms with van der Waals surface area (Å²) < 4.78 is 0. The second-order valence-corrected chi connectivity index (χ2v) is 10.3. The molecule has 1 atom stereocenters. The number of amides is 1. The van der Waals surface area contributed by atoms with E-state index in [-0.39, 0.29) is 11.3 Å². The zero-order valence-electron chi connectivity index (χ0n) is 20.0. The fourth-order valence-electron chi connectivity index (χ4n) is 4.81. The SMILES string of the molecule is Cc1c(NCc2ccc(C(C)(C)C)cc2)ncnc1C(=O)N1CCC(N2CCCCC2)C1. The van der Waals surface area contributed by atoms with Gasteiger partial charge < -0.3 is 10.2 Å². The van der Waals surface area contributed by atoms with Crippen LogP contribution in [0.2, 0.25) is 0 Å². The Bertz CT molecular complexity index is 928. The smallest absolute Gasteiger partial charge is 0.272 e. The molecule has 6 heteroatoms. The molecule has 0 radical (unpaired) electrons. The molecule has 2 fully saturated rings. The first-order chi connectivity index (χ1) is 15.3. The summed E-state index contributed by atoms with van der Waals surface area (Å²) in [7, 11) is 0. The monoisotopic (exact) mass is 435 g/mol. The van der Waals surface area contributed by atoms with Gasteiger partial charge in [-0.3, -0.25) is 9.69 Å². The molecule has 1 aromatic heterocycles. The minimum absolute atomic E-state index is 0.0296. The van der Waals surface area contributed by atoms with Crippen LogP contribution in [-0.2, 0) is 12.0 Å². The normalized spacial score (nSPS) is 19.9. The number of hydrogen-bond acceptors (Lipinski definition) is 5. The van der Waals surface area contributed by atoms with E-state index in [1.54, 1.807) is 0 Å². The molecular formula is C26H37N5O. The first-order valence-corrected chi connectivity index (χ1v) is 12.0. The predicted octanol–water partition coefficient (Wildman–Crippen LogP) is 4.40. The van der Waals surface area contributed by atoms with Crippen LogP contribution in [0.25, 0.3) is 0 Å². The fourth-order valence-corrected chi connectivity index (χ4v) is 4.81. The van der Waals surface area contributed by atoms with Gasteiger partial charge in [0.05, 0.1) is 0 Å². The number of nitrogens with one attached hydrogen (secondary N) is 1. The summed E-state index contributed by atoms with van der Waals surface area (Å²) in [5.74, 6) is 0.761. The molecule has 2 saturated heterocycles. The van der Waals surface area contributed by atoms with Gasteiger partial charge in [-0.2, -0.15) is 0 Å². The van der Waals surface area contributed by atoms with Crippen LogP contribution >= 0.6 is 0 Å². The lowest BCUT2D eigenvalue weighted by Crippen LogP contribution is -2.41. The lowest BCUT2D eigenvalue weighted by atomic mass is 9.87. The zero-order valence-corrected chi connectivity index (χ0v) is 20.0. The fraction of sp³-hybridized carbons (Fsp3) is 0.577.